The smallest absolute Gasteiger partial charge is 0.243 e. The van der Waals surface area contributed by atoms with E-state index in [9.17, 15) is 4.79 Å². The van der Waals surface area contributed by atoms with Crippen LogP contribution in [0.5, 0.6) is 0 Å². The first-order chi connectivity index (χ1) is 6.02. The fourth-order valence-corrected chi connectivity index (χ4v) is 0.903. The molecule has 3 nitrogen and oxygen atoms in total. The number of hydrogen-bond donors (Lipinski definition) is 1. The lowest BCUT2D eigenvalue weighted by molar-refractivity contribution is -0.885. The highest BCUT2D eigenvalue weighted by Gasteiger charge is 2.10. The van der Waals surface area contributed by atoms with E-state index in [4.69, 9.17) is 0 Å². The Balaban J connectivity index is 3.46. The van der Waals surface area contributed by atoms with Crippen LogP contribution in [-0.4, -0.2) is 44.1 Å². The van der Waals surface area contributed by atoms with Gasteiger partial charge in [-0.3, -0.25) is 4.79 Å². The Bertz CT molecular complexity index is 176. The van der Waals surface area contributed by atoms with Gasteiger partial charge in [0.25, 0.3) is 0 Å². The van der Waals surface area contributed by atoms with E-state index < -0.39 is 0 Å². The number of amides is 1. The number of carbonyl (C=O) groups is 1. The van der Waals surface area contributed by atoms with Crippen molar-refractivity contribution < 1.29 is 9.28 Å². The Hall–Kier alpha value is -0.830. The zero-order valence-corrected chi connectivity index (χ0v) is 8.68. The minimum absolute atomic E-state index is 0.0973. The minimum Gasteiger partial charge on any atom is -0.352 e. The molecule has 0 aromatic rings. The van der Waals surface area contributed by atoms with E-state index in [0.717, 1.165) is 24.0 Å². The molecular weight excluding hydrogens is 164 g/mol. The third kappa shape index (κ3) is 6.34. The van der Waals surface area contributed by atoms with Gasteiger partial charge in [-0.15, -0.1) is 0 Å². The topological polar surface area (TPSA) is 29.1 Å². The molecule has 1 N–H and O–H groups in total. The standard InChI is InChI=1S/C10H19N2O/c1-5-10(13)11-8-7-9-12(3,4)6-2/h5H,1-2,6-9H2,3-4H3/p+1. The molecule has 1 radical (unpaired) electrons. The van der Waals surface area contributed by atoms with Gasteiger partial charge in [-0.05, 0) is 6.08 Å². The van der Waals surface area contributed by atoms with Crippen molar-refractivity contribution in [2.24, 2.45) is 0 Å². The molecule has 0 aromatic heterocycles. The van der Waals surface area contributed by atoms with Crippen LogP contribution in [0.1, 0.15) is 6.42 Å². The molecule has 13 heavy (non-hydrogen) atoms. The van der Waals surface area contributed by atoms with Crippen LogP contribution in [0, 0.1) is 6.92 Å². The molecule has 0 saturated heterocycles. The quantitative estimate of drug-likeness (QED) is 0.365. The highest BCUT2D eigenvalue weighted by Crippen LogP contribution is 1.96. The molecule has 75 valence electrons. The molecule has 0 aromatic carbocycles. The first-order valence-electron chi connectivity index (χ1n) is 4.53. The molecule has 0 heterocycles. The average molecular weight is 184 g/mol. The lowest BCUT2D eigenvalue weighted by Crippen LogP contribution is -2.41. The second kappa shape index (κ2) is 5.75. The Morgan fingerprint density at radius 1 is 1.54 bits per heavy atom. The molecule has 0 unspecified atom stereocenters. The van der Waals surface area contributed by atoms with Crippen molar-refractivity contribution >= 4 is 5.91 Å². The molecule has 1 amide bonds. The van der Waals surface area contributed by atoms with Crippen molar-refractivity contribution in [1.29, 1.82) is 0 Å². The highest BCUT2D eigenvalue weighted by atomic mass is 16.1. The molecule has 0 fully saturated rings. The van der Waals surface area contributed by atoms with Crippen LogP contribution in [-0.2, 0) is 4.79 Å². The summed E-state index contributed by atoms with van der Waals surface area (Å²) >= 11 is 0. The number of carbonyl (C=O) groups excluding carboxylic acids is 1. The fraction of sp³-hybridized carbons (Fsp3) is 0.600. The van der Waals surface area contributed by atoms with E-state index in [2.05, 4.69) is 32.9 Å². The van der Waals surface area contributed by atoms with Crippen LogP contribution in [0.15, 0.2) is 12.7 Å². The van der Waals surface area contributed by atoms with Gasteiger partial charge in [0.2, 0.25) is 5.91 Å². The summed E-state index contributed by atoms with van der Waals surface area (Å²) in [6.07, 6.45) is 2.27. The predicted molar refractivity (Wildman–Crippen MR) is 55.0 cm³/mol. The Kier molecular flexibility index (Phi) is 5.39. The zero-order valence-electron chi connectivity index (χ0n) is 8.68. The summed E-state index contributed by atoms with van der Waals surface area (Å²) < 4.78 is 0.893. The molecule has 3 heteroatoms. The summed E-state index contributed by atoms with van der Waals surface area (Å²) in [5.74, 6) is -0.0973. The van der Waals surface area contributed by atoms with Gasteiger partial charge < -0.3 is 9.80 Å². The van der Waals surface area contributed by atoms with Crippen molar-refractivity contribution in [1.82, 2.24) is 5.32 Å². The summed E-state index contributed by atoms with van der Waals surface area (Å²) in [5, 5.41) is 2.74. The number of hydrogen-bond acceptors (Lipinski definition) is 1. The van der Waals surface area contributed by atoms with Crippen molar-refractivity contribution in [3.63, 3.8) is 0 Å². The molecular formula is C10H20N2O+. The normalized spacial score (nSPS) is 11.0. The maximum absolute atomic E-state index is 10.8. The molecule has 0 aliphatic heterocycles. The fourth-order valence-electron chi connectivity index (χ4n) is 0.903. The van der Waals surface area contributed by atoms with Crippen molar-refractivity contribution in [2.45, 2.75) is 6.42 Å². The number of nitrogens with zero attached hydrogens (tertiary/aromatic N) is 1. The van der Waals surface area contributed by atoms with E-state index in [1.165, 1.54) is 6.08 Å². The highest BCUT2D eigenvalue weighted by molar-refractivity contribution is 5.86. The second-order valence-corrected chi connectivity index (χ2v) is 3.73. The molecule has 0 aliphatic carbocycles. The van der Waals surface area contributed by atoms with Crippen LogP contribution >= 0.6 is 0 Å². The van der Waals surface area contributed by atoms with E-state index in [0.29, 0.717) is 6.54 Å². The van der Waals surface area contributed by atoms with Crippen LogP contribution in [0.25, 0.3) is 0 Å². The second-order valence-electron chi connectivity index (χ2n) is 3.73. The zero-order chi connectivity index (χ0) is 10.3. The molecule has 0 aliphatic rings. The van der Waals surface area contributed by atoms with Crippen molar-refractivity contribution in [3.8, 4) is 0 Å². The van der Waals surface area contributed by atoms with Gasteiger partial charge in [-0.1, -0.05) is 6.58 Å². The number of nitrogens with one attached hydrogen (secondary N) is 1. The van der Waals surface area contributed by atoms with Crippen LogP contribution in [0.4, 0.5) is 0 Å². The number of quaternary nitrogens is 1. The largest absolute Gasteiger partial charge is 0.352 e. The van der Waals surface area contributed by atoms with Gasteiger partial charge in [0.1, 0.15) is 0 Å². The third-order valence-electron chi connectivity index (χ3n) is 2.03. The maximum Gasteiger partial charge on any atom is 0.243 e. The van der Waals surface area contributed by atoms with Gasteiger partial charge in [0.05, 0.1) is 27.2 Å². The molecule has 0 spiro atoms. The van der Waals surface area contributed by atoms with Crippen LogP contribution in [0.2, 0.25) is 0 Å². The van der Waals surface area contributed by atoms with Gasteiger partial charge in [-0.25, -0.2) is 0 Å². The van der Waals surface area contributed by atoms with Crippen LogP contribution in [0.3, 0.4) is 0 Å². The van der Waals surface area contributed by atoms with Gasteiger partial charge in [0, 0.05) is 19.9 Å². The SMILES string of the molecule is [CH2]C[N+](C)(C)CCCNC(=O)C=C. The lowest BCUT2D eigenvalue weighted by Gasteiger charge is -2.27. The summed E-state index contributed by atoms with van der Waals surface area (Å²) in [4.78, 5) is 10.8. The minimum atomic E-state index is -0.0973. The summed E-state index contributed by atoms with van der Waals surface area (Å²) in [7, 11) is 4.25. The van der Waals surface area contributed by atoms with Crippen molar-refractivity contribution in [3.05, 3.63) is 19.6 Å². The van der Waals surface area contributed by atoms with Gasteiger partial charge >= 0.3 is 0 Å². The average Bonchev–Trinajstić information content (AvgIpc) is 2.12. The Morgan fingerprint density at radius 3 is 2.62 bits per heavy atom. The third-order valence-corrected chi connectivity index (χ3v) is 2.03. The summed E-state index contributed by atoms with van der Waals surface area (Å²) in [6, 6.07) is 0. The maximum atomic E-state index is 10.8. The molecule has 0 rings (SSSR count). The Morgan fingerprint density at radius 2 is 2.15 bits per heavy atom. The van der Waals surface area contributed by atoms with E-state index >= 15 is 0 Å². The first kappa shape index (κ1) is 12.2. The summed E-state index contributed by atoms with van der Waals surface area (Å²) in [6.45, 7) is 9.85. The van der Waals surface area contributed by atoms with Crippen molar-refractivity contribution in [2.75, 3.05) is 33.7 Å². The molecule has 0 atom stereocenters. The molecule has 0 saturated carbocycles. The first-order valence-corrected chi connectivity index (χ1v) is 4.53. The van der Waals surface area contributed by atoms with Gasteiger partial charge in [0.15, 0.2) is 0 Å². The van der Waals surface area contributed by atoms with E-state index in [-0.39, 0.29) is 5.91 Å². The van der Waals surface area contributed by atoms with Gasteiger partial charge in [-0.2, -0.15) is 0 Å². The predicted octanol–water partition coefficient (Wildman–Crippen LogP) is 0.589. The van der Waals surface area contributed by atoms with Crippen LogP contribution < -0.4 is 5.32 Å². The monoisotopic (exact) mass is 184 g/mol. The lowest BCUT2D eigenvalue weighted by atomic mass is 10.3. The van der Waals surface area contributed by atoms with E-state index in [1.807, 2.05) is 0 Å². The van der Waals surface area contributed by atoms with E-state index in [1.54, 1.807) is 0 Å². The number of rotatable bonds is 6. The summed E-state index contributed by atoms with van der Waals surface area (Å²) in [5.41, 5.74) is 0. The molecule has 0 bridgehead atoms. The Labute approximate surface area is 81.0 Å².